The molecule has 0 spiro atoms. The minimum Gasteiger partial charge on any atom is -0.399 e. The molecule has 0 saturated heterocycles. The maximum absolute atomic E-state index is 6.17. The summed E-state index contributed by atoms with van der Waals surface area (Å²) in [6.45, 7) is 9.04. The molecule has 1 aliphatic carbocycles. The Balaban J connectivity index is 1.43. The van der Waals surface area contributed by atoms with Crippen LogP contribution in [0.15, 0.2) is 84.9 Å². The van der Waals surface area contributed by atoms with E-state index in [-0.39, 0.29) is 0 Å². The minimum absolute atomic E-state index is 0.404. The summed E-state index contributed by atoms with van der Waals surface area (Å²) in [5.74, 6) is 2.15. The number of nitrogen functional groups attached to an aromatic ring is 2. The standard InChI is InChI=1S/C48H66N2/c1-5-7-10-18-47(44-31-29-42(49)33-35(44)3)40-25-21-38(22-26-40)46(20-14-17-37-15-12-9-13-16-37)39-23-27-41(28-24-39)48(19-11-8-6-2)45-32-30-43(50)34-36(45)4/h21-34,37,46-48H,5-20,49-50H2,1-4H3. The lowest BCUT2D eigenvalue weighted by Gasteiger charge is -2.25. The fourth-order valence-corrected chi connectivity index (χ4v) is 8.91. The Bertz CT molecular complexity index is 1470. The first-order chi connectivity index (χ1) is 24.4. The van der Waals surface area contributed by atoms with Gasteiger partial charge in [-0.2, -0.15) is 0 Å². The van der Waals surface area contributed by atoms with Crippen LogP contribution in [0.5, 0.6) is 0 Å². The highest BCUT2D eigenvalue weighted by Crippen LogP contribution is 2.39. The van der Waals surface area contributed by atoms with E-state index in [9.17, 15) is 0 Å². The topological polar surface area (TPSA) is 52.0 Å². The molecule has 2 heteroatoms. The number of anilines is 2. The molecule has 0 aromatic heterocycles. The minimum atomic E-state index is 0.404. The van der Waals surface area contributed by atoms with Gasteiger partial charge in [-0.05, 0) is 108 Å². The number of unbranched alkanes of at least 4 members (excludes halogenated alkanes) is 4. The molecule has 2 nitrogen and oxygen atoms in total. The molecule has 0 aliphatic heterocycles. The second kappa shape index (κ2) is 19.2. The van der Waals surface area contributed by atoms with Crippen molar-refractivity contribution in [2.45, 2.75) is 148 Å². The molecule has 2 atom stereocenters. The van der Waals surface area contributed by atoms with Crippen LogP contribution in [0.25, 0.3) is 0 Å². The van der Waals surface area contributed by atoms with Gasteiger partial charge < -0.3 is 11.5 Å². The van der Waals surface area contributed by atoms with Crippen LogP contribution in [0.1, 0.15) is 179 Å². The van der Waals surface area contributed by atoms with Crippen molar-refractivity contribution in [3.05, 3.63) is 129 Å². The molecule has 0 amide bonds. The van der Waals surface area contributed by atoms with Gasteiger partial charge in [0.05, 0.1) is 0 Å². The van der Waals surface area contributed by atoms with Crippen molar-refractivity contribution in [3.63, 3.8) is 0 Å². The van der Waals surface area contributed by atoms with Gasteiger partial charge in [-0.3, -0.25) is 0 Å². The number of hydrogen-bond donors (Lipinski definition) is 2. The molecule has 5 rings (SSSR count). The summed E-state index contributed by atoms with van der Waals surface area (Å²) < 4.78 is 0. The average molecular weight is 671 g/mol. The molecule has 50 heavy (non-hydrogen) atoms. The van der Waals surface area contributed by atoms with Gasteiger partial charge in [-0.1, -0.05) is 158 Å². The fourth-order valence-electron chi connectivity index (χ4n) is 8.91. The Morgan fingerprint density at radius 3 is 1.30 bits per heavy atom. The third kappa shape index (κ3) is 10.3. The number of hydrogen-bond acceptors (Lipinski definition) is 2. The number of rotatable bonds is 18. The third-order valence-corrected chi connectivity index (χ3v) is 11.8. The molecular weight excluding hydrogens is 605 g/mol. The molecule has 4 aromatic carbocycles. The van der Waals surface area contributed by atoms with Crippen molar-refractivity contribution in [2.75, 3.05) is 11.5 Å². The number of benzene rings is 4. The summed E-state index contributed by atoms with van der Waals surface area (Å²) >= 11 is 0. The second-order valence-corrected chi connectivity index (χ2v) is 15.6. The molecule has 4 aromatic rings. The SMILES string of the molecule is CCCCCC(c1ccc(C(CCCC2CCCCC2)c2ccc(C(CCCCC)c3ccc(N)cc3C)cc2)cc1)c1ccc(N)cc1C. The zero-order chi connectivity index (χ0) is 35.3. The van der Waals surface area contributed by atoms with Crippen molar-refractivity contribution in [2.24, 2.45) is 5.92 Å². The molecule has 0 bridgehead atoms. The second-order valence-electron chi connectivity index (χ2n) is 15.6. The fraction of sp³-hybridized carbons (Fsp3) is 0.500. The molecule has 0 radical (unpaired) electrons. The van der Waals surface area contributed by atoms with Crippen LogP contribution in [0.2, 0.25) is 0 Å². The molecular formula is C48H66N2. The van der Waals surface area contributed by atoms with Gasteiger partial charge in [0.1, 0.15) is 0 Å². The lowest BCUT2D eigenvalue weighted by molar-refractivity contribution is 0.328. The van der Waals surface area contributed by atoms with Crippen molar-refractivity contribution in [3.8, 4) is 0 Å². The highest BCUT2D eigenvalue weighted by molar-refractivity contribution is 5.50. The molecule has 1 saturated carbocycles. The van der Waals surface area contributed by atoms with E-state index in [2.05, 4.69) is 113 Å². The summed E-state index contributed by atoms with van der Waals surface area (Å²) in [6, 6.07) is 32.6. The average Bonchev–Trinajstić information content (AvgIpc) is 3.12. The largest absolute Gasteiger partial charge is 0.399 e. The lowest BCUT2D eigenvalue weighted by atomic mass is 9.80. The van der Waals surface area contributed by atoms with Crippen molar-refractivity contribution < 1.29 is 0 Å². The smallest absolute Gasteiger partial charge is 0.0316 e. The summed E-state index contributed by atoms with van der Waals surface area (Å²) in [5, 5.41) is 0. The van der Waals surface area contributed by atoms with E-state index in [1.54, 1.807) is 0 Å². The van der Waals surface area contributed by atoms with E-state index in [1.807, 2.05) is 0 Å². The van der Waals surface area contributed by atoms with Crippen LogP contribution in [-0.2, 0) is 0 Å². The Kier molecular flexibility index (Phi) is 14.5. The van der Waals surface area contributed by atoms with Crippen LogP contribution in [0.3, 0.4) is 0 Å². The molecule has 4 N–H and O–H groups in total. The summed E-state index contributed by atoms with van der Waals surface area (Å²) in [4.78, 5) is 0. The van der Waals surface area contributed by atoms with E-state index in [4.69, 9.17) is 11.5 Å². The highest BCUT2D eigenvalue weighted by Gasteiger charge is 2.22. The van der Waals surface area contributed by atoms with Gasteiger partial charge >= 0.3 is 0 Å². The van der Waals surface area contributed by atoms with Crippen LogP contribution >= 0.6 is 0 Å². The van der Waals surface area contributed by atoms with Gasteiger partial charge in [0.2, 0.25) is 0 Å². The maximum atomic E-state index is 6.17. The summed E-state index contributed by atoms with van der Waals surface area (Å²) in [5.41, 5.74) is 25.3. The first-order valence-corrected chi connectivity index (χ1v) is 20.3. The normalized spacial score (nSPS) is 15.5. The van der Waals surface area contributed by atoms with E-state index in [0.717, 1.165) is 17.3 Å². The Labute approximate surface area is 305 Å². The van der Waals surface area contributed by atoms with E-state index >= 15 is 0 Å². The molecule has 1 aliphatic rings. The lowest BCUT2D eigenvalue weighted by Crippen LogP contribution is -2.09. The summed E-state index contributed by atoms with van der Waals surface area (Å²) in [6.07, 6.45) is 20.9. The van der Waals surface area contributed by atoms with Crippen LogP contribution in [0, 0.1) is 19.8 Å². The molecule has 1 fully saturated rings. The van der Waals surface area contributed by atoms with E-state index < -0.39 is 0 Å². The van der Waals surface area contributed by atoms with Crippen molar-refractivity contribution >= 4 is 11.4 Å². The van der Waals surface area contributed by atoms with Gasteiger partial charge in [0.25, 0.3) is 0 Å². The van der Waals surface area contributed by atoms with Gasteiger partial charge in [-0.25, -0.2) is 0 Å². The first-order valence-electron chi connectivity index (χ1n) is 20.3. The first kappa shape index (κ1) is 37.7. The molecule has 268 valence electrons. The van der Waals surface area contributed by atoms with Gasteiger partial charge in [-0.15, -0.1) is 0 Å². The van der Waals surface area contributed by atoms with E-state index in [1.165, 1.54) is 147 Å². The van der Waals surface area contributed by atoms with Gasteiger partial charge in [0.15, 0.2) is 0 Å². The quantitative estimate of drug-likeness (QED) is 0.0817. The van der Waals surface area contributed by atoms with Crippen molar-refractivity contribution in [1.29, 1.82) is 0 Å². The van der Waals surface area contributed by atoms with Crippen molar-refractivity contribution in [1.82, 2.24) is 0 Å². The Morgan fingerprint density at radius 2 is 0.900 bits per heavy atom. The summed E-state index contributed by atoms with van der Waals surface area (Å²) in [7, 11) is 0. The Morgan fingerprint density at radius 1 is 0.500 bits per heavy atom. The molecule has 0 heterocycles. The zero-order valence-electron chi connectivity index (χ0n) is 31.9. The maximum Gasteiger partial charge on any atom is 0.0316 e. The van der Waals surface area contributed by atoms with Crippen LogP contribution < -0.4 is 11.5 Å². The molecule has 2 unspecified atom stereocenters. The highest BCUT2D eigenvalue weighted by atomic mass is 14.5. The number of nitrogens with two attached hydrogens (primary N) is 2. The Hall–Kier alpha value is -3.52. The predicted molar refractivity (Wildman–Crippen MR) is 218 cm³/mol. The zero-order valence-corrected chi connectivity index (χ0v) is 31.9. The predicted octanol–water partition coefficient (Wildman–Crippen LogP) is 13.8. The van der Waals surface area contributed by atoms with Gasteiger partial charge in [0, 0.05) is 29.1 Å². The third-order valence-electron chi connectivity index (χ3n) is 11.8. The monoisotopic (exact) mass is 671 g/mol. The van der Waals surface area contributed by atoms with Crippen LogP contribution in [-0.4, -0.2) is 0 Å². The van der Waals surface area contributed by atoms with Crippen LogP contribution in [0.4, 0.5) is 11.4 Å². The van der Waals surface area contributed by atoms with E-state index in [0.29, 0.717) is 17.8 Å². The number of aryl methyl sites for hydroxylation is 2.